The summed E-state index contributed by atoms with van der Waals surface area (Å²) in [6.45, 7) is 6.51. The number of likely N-dealkylation sites (N-methyl/N-ethyl adjacent to an activating group) is 1. The molecule has 2 heterocycles. The number of para-hydroxylation sites is 1. The van der Waals surface area contributed by atoms with Crippen molar-refractivity contribution in [2.24, 2.45) is 5.92 Å². The Morgan fingerprint density at radius 3 is 2.38 bits per heavy atom. The number of nitrogens with one attached hydrogen (secondary N) is 3. The van der Waals surface area contributed by atoms with Crippen LogP contribution in [0.5, 0.6) is 17.2 Å². The molecule has 2 aliphatic heterocycles. The van der Waals surface area contributed by atoms with Crippen LogP contribution in [0, 0.1) is 5.92 Å². The van der Waals surface area contributed by atoms with E-state index in [1.54, 1.807) is 72.3 Å². The predicted molar refractivity (Wildman–Crippen MR) is 190 cm³/mol. The van der Waals surface area contributed by atoms with E-state index in [4.69, 9.17) is 18.9 Å². The van der Waals surface area contributed by atoms with Gasteiger partial charge in [0.1, 0.15) is 5.75 Å². The molecule has 3 aromatic rings. The molecule has 13 nitrogen and oxygen atoms in total. The number of amides is 5. The highest BCUT2D eigenvalue weighted by atomic mass is 16.7. The third-order valence-electron chi connectivity index (χ3n) is 8.77. The third kappa shape index (κ3) is 9.57. The number of urea groups is 2. The second kappa shape index (κ2) is 17.1. The standard InChI is InChI=1S/C37H47N5O8/c1-24-20-42(25(2)22-43)35(44)30-18-28(39-36(45)38-27-11-6-5-7-12-27)13-15-31(30)50-26(3)10-8-9-17-47-34(24)21-41(4)37(46)40-29-14-16-32-33(19-29)49-23-48-32/h5-7,11-16,18-19,24-26,34,43H,8-10,17,20-23H2,1-4H3,(H,40,46)(H2,38,39,45)/t24-,25+,26-,34-/m1/s1. The van der Waals surface area contributed by atoms with E-state index in [1.165, 1.54) is 0 Å². The van der Waals surface area contributed by atoms with Gasteiger partial charge in [0.25, 0.3) is 5.91 Å². The second-order valence-corrected chi connectivity index (χ2v) is 12.8. The zero-order valence-electron chi connectivity index (χ0n) is 29.0. The third-order valence-corrected chi connectivity index (χ3v) is 8.77. The van der Waals surface area contributed by atoms with Gasteiger partial charge in [0, 0.05) is 55.8 Å². The molecule has 13 heteroatoms. The lowest BCUT2D eigenvalue weighted by Gasteiger charge is -2.35. The minimum atomic E-state index is -0.547. The van der Waals surface area contributed by atoms with Crippen LogP contribution >= 0.6 is 0 Å². The summed E-state index contributed by atoms with van der Waals surface area (Å²) in [5.41, 5.74) is 1.86. The van der Waals surface area contributed by atoms with Crippen LogP contribution in [0.2, 0.25) is 0 Å². The number of rotatable bonds is 7. The van der Waals surface area contributed by atoms with E-state index < -0.39 is 18.2 Å². The Balaban J connectivity index is 1.35. The molecule has 0 unspecified atom stereocenters. The number of ether oxygens (including phenoxy) is 4. The van der Waals surface area contributed by atoms with Crippen LogP contribution in [0.4, 0.5) is 26.7 Å². The van der Waals surface area contributed by atoms with E-state index in [0.29, 0.717) is 40.9 Å². The number of hydrogen-bond donors (Lipinski definition) is 4. The molecule has 268 valence electrons. The Morgan fingerprint density at radius 2 is 1.62 bits per heavy atom. The molecular formula is C37H47N5O8. The lowest BCUT2D eigenvalue weighted by atomic mass is 10.0. The normalized spacial score (nSPS) is 20.1. The van der Waals surface area contributed by atoms with Crippen LogP contribution in [0.1, 0.15) is 50.4 Å². The topological polar surface area (TPSA) is 151 Å². The number of hydrogen-bond acceptors (Lipinski definition) is 8. The van der Waals surface area contributed by atoms with Crippen molar-refractivity contribution in [3.63, 3.8) is 0 Å². The molecule has 50 heavy (non-hydrogen) atoms. The highest BCUT2D eigenvalue weighted by molar-refractivity contribution is 6.02. The SMILES string of the molecule is C[C@@H]1CCCCO[C@H](CN(C)C(=O)Nc2ccc3c(c2)OCO3)[C@H](C)CN([C@@H](C)CO)C(=O)c2cc(NC(=O)Nc3ccccc3)ccc2O1. The maximum absolute atomic E-state index is 14.4. The van der Waals surface area contributed by atoms with Gasteiger partial charge in [-0.2, -0.15) is 0 Å². The van der Waals surface area contributed by atoms with Gasteiger partial charge in [-0.25, -0.2) is 9.59 Å². The minimum Gasteiger partial charge on any atom is -0.490 e. The van der Waals surface area contributed by atoms with Crippen LogP contribution in [-0.4, -0.2) is 91.3 Å². The number of carbonyl (C=O) groups is 3. The Kier molecular flexibility index (Phi) is 12.4. The van der Waals surface area contributed by atoms with Crippen molar-refractivity contribution in [3.05, 3.63) is 72.3 Å². The fourth-order valence-electron chi connectivity index (χ4n) is 5.82. The largest absolute Gasteiger partial charge is 0.490 e. The Labute approximate surface area is 292 Å². The van der Waals surface area contributed by atoms with Gasteiger partial charge in [-0.15, -0.1) is 0 Å². The molecule has 0 bridgehead atoms. The molecule has 5 amide bonds. The lowest BCUT2D eigenvalue weighted by molar-refractivity contribution is -0.0115. The molecule has 0 radical (unpaired) electrons. The number of carbonyl (C=O) groups excluding carboxylic acids is 3. The van der Waals surface area contributed by atoms with E-state index in [1.807, 2.05) is 32.0 Å². The quantitative estimate of drug-likeness (QED) is 0.235. The molecular weight excluding hydrogens is 642 g/mol. The Hall–Kier alpha value is -5.01. The summed E-state index contributed by atoms with van der Waals surface area (Å²) in [5.74, 6) is 0.981. The molecule has 0 saturated carbocycles. The van der Waals surface area contributed by atoms with E-state index in [0.717, 1.165) is 19.3 Å². The molecule has 0 spiro atoms. The predicted octanol–water partition coefficient (Wildman–Crippen LogP) is 6.02. The number of nitrogens with zero attached hydrogens (tertiary/aromatic N) is 2. The van der Waals surface area contributed by atoms with Crippen molar-refractivity contribution in [1.82, 2.24) is 9.80 Å². The number of anilines is 3. The molecule has 4 atom stereocenters. The maximum atomic E-state index is 14.4. The highest BCUT2D eigenvalue weighted by Gasteiger charge is 2.31. The zero-order chi connectivity index (χ0) is 35.6. The lowest BCUT2D eigenvalue weighted by Crippen LogP contribution is -2.48. The van der Waals surface area contributed by atoms with Crippen molar-refractivity contribution in [2.75, 3.05) is 56.1 Å². The maximum Gasteiger partial charge on any atom is 0.323 e. The first-order valence-corrected chi connectivity index (χ1v) is 17.0. The summed E-state index contributed by atoms with van der Waals surface area (Å²) < 4.78 is 23.5. The average Bonchev–Trinajstić information content (AvgIpc) is 3.58. The van der Waals surface area contributed by atoms with Crippen LogP contribution in [0.15, 0.2) is 66.7 Å². The number of aliphatic hydroxyl groups is 1. The second-order valence-electron chi connectivity index (χ2n) is 12.8. The van der Waals surface area contributed by atoms with Gasteiger partial charge in [0.15, 0.2) is 11.5 Å². The molecule has 5 rings (SSSR count). The van der Waals surface area contributed by atoms with E-state index in [-0.39, 0.29) is 56.0 Å². The fourth-order valence-corrected chi connectivity index (χ4v) is 5.82. The smallest absolute Gasteiger partial charge is 0.323 e. The van der Waals surface area contributed by atoms with Crippen molar-refractivity contribution in [3.8, 4) is 17.2 Å². The summed E-state index contributed by atoms with van der Waals surface area (Å²) in [4.78, 5) is 43.6. The van der Waals surface area contributed by atoms with Gasteiger partial charge in [0.2, 0.25) is 6.79 Å². The van der Waals surface area contributed by atoms with Crippen molar-refractivity contribution < 1.29 is 38.4 Å². The van der Waals surface area contributed by atoms with Crippen molar-refractivity contribution >= 4 is 35.0 Å². The molecule has 0 saturated heterocycles. The average molecular weight is 690 g/mol. The first kappa shape index (κ1) is 36.3. The zero-order valence-corrected chi connectivity index (χ0v) is 29.0. The van der Waals surface area contributed by atoms with Gasteiger partial charge >= 0.3 is 12.1 Å². The van der Waals surface area contributed by atoms with Gasteiger partial charge in [-0.1, -0.05) is 25.1 Å². The summed E-state index contributed by atoms with van der Waals surface area (Å²) in [5, 5.41) is 18.7. The van der Waals surface area contributed by atoms with Gasteiger partial charge in [-0.05, 0) is 75.6 Å². The van der Waals surface area contributed by atoms with Crippen LogP contribution in [-0.2, 0) is 4.74 Å². The molecule has 3 aromatic carbocycles. The van der Waals surface area contributed by atoms with Crippen LogP contribution < -0.4 is 30.2 Å². The van der Waals surface area contributed by atoms with Crippen LogP contribution in [0.3, 0.4) is 0 Å². The Bertz CT molecular complexity index is 1620. The van der Waals surface area contributed by atoms with E-state index in [9.17, 15) is 19.5 Å². The first-order chi connectivity index (χ1) is 24.1. The monoisotopic (exact) mass is 689 g/mol. The molecule has 0 aromatic heterocycles. The Morgan fingerprint density at radius 1 is 0.920 bits per heavy atom. The fraction of sp³-hybridized carbons (Fsp3) is 0.432. The first-order valence-electron chi connectivity index (χ1n) is 17.0. The molecule has 0 fully saturated rings. The van der Waals surface area contributed by atoms with Crippen LogP contribution in [0.25, 0.3) is 0 Å². The number of aliphatic hydroxyl groups excluding tert-OH is 1. The van der Waals surface area contributed by atoms with E-state index >= 15 is 0 Å². The summed E-state index contributed by atoms with van der Waals surface area (Å²) in [6.07, 6.45) is 1.72. The number of fused-ring (bicyclic) bond motifs is 2. The van der Waals surface area contributed by atoms with Gasteiger partial charge in [0.05, 0.1) is 30.4 Å². The van der Waals surface area contributed by atoms with Crippen molar-refractivity contribution in [2.45, 2.75) is 58.3 Å². The molecule has 0 aliphatic carbocycles. The van der Waals surface area contributed by atoms with Gasteiger partial charge in [-0.3, -0.25) is 4.79 Å². The van der Waals surface area contributed by atoms with Gasteiger partial charge < -0.3 is 49.8 Å². The summed E-state index contributed by atoms with van der Waals surface area (Å²) in [7, 11) is 1.70. The minimum absolute atomic E-state index is 0.138. The van der Waals surface area contributed by atoms with Crippen molar-refractivity contribution in [1.29, 1.82) is 0 Å². The molecule has 4 N–H and O–H groups in total. The van der Waals surface area contributed by atoms with E-state index in [2.05, 4.69) is 16.0 Å². The highest BCUT2D eigenvalue weighted by Crippen LogP contribution is 2.34. The number of benzene rings is 3. The summed E-state index contributed by atoms with van der Waals surface area (Å²) in [6, 6.07) is 17.9. The summed E-state index contributed by atoms with van der Waals surface area (Å²) >= 11 is 0. The molecule has 2 aliphatic rings.